The number of pyridine rings is 1. The van der Waals surface area contributed by atoms with Gasteiger partial charge < -0.3 is 20.7 Å². The lowest BCUT2D eigenvalue weighted by Gasteiger charge is -2.35. The number of hydrogen-bond acceptors (Lipinski definition) is 8. The predicted molar refractivity (Wildman–Crippen MR) is 138 cm³/mol. The van der Waals surface area contributed by atoms with Crippen molar-refractivity contribution in [1.29, 1.82) is 0 Å². The molecular formula is C26H29F6N7O. The number of nitrogen functional groups attached to an aromatic ring is 1. The Balaban J connectivity index is 1.69. The van der Waals surface area contributed by atoms with E-state index in [2.05, 4.69) is 20.3 Å². The molecule has 0 saturated carbocycles. The van der Waals surface area contributed by atoms with Crippen molar-refractivity contribution < 1.29 is 31.1 Å². The molecule has 40 heavy (non-hydrogen) atoms. The molecule has 2 aromatic heterocycles. The Labute approximate surface area is 226 Å². The lowest BCUT2D eigenvalue weighted by molar-refractivity contribution is -0.137. The number of fused-ring (bicyclic) bond motifs is 1. The van der Waals surface area contributed by atoms with E-state index in [1.54, 1.807) is 11.9 Å². The Kier molecular flexibility index (Phi) is 7.42. The maximum Gasteiger partial charge on any atom is 0.418 e. The lowest BCUT2D eigenvalue weighted by Crippen LogP contribution is -2.50. The molecule has 5 rings (SSSR count). The van der Waals surface area contributed by atoms with E-state index in [9.17, 15) is 17.6 Å². The molecule has 8 nitrogen and oxygen atoms in total. The van der Waals surface area contributed by atoms with Gasteiger partial charge >= 0.3 is 12.2 Å². The number of aryl methyl sites for hydroxylation is 1. The number of nitrogens with zero attached hydrogens (tertiary/aromatic N) is 5. The van der Waals surface area contributed by atoms with Gasteiger partial charge in [0, 0.05) is 43.6 Å². The van der Waals surface area contributed by atoms with E-state index in [0.29, 0.717) is 19.6 Å². The number of aromatic nitrogens is 3. The van der Waals surface area contributed by atoms with Crippen LogP contribution in [0.1, 0.15) is 24.5 Å². The molecule has 2 saturated heterocycles. The van der Waals surface area contributed by atoms with Crippen LogP contribution in [0.15, 0.2) is 12.1 Å². The summed E-state index contributed by atoms with van der Waals surface area (Å²) in [7, 11) is 1.75. The van der Waals surface area contributed by atoms with Crippen LogP contribution < -0.4 is 20.7 Å². The van der Waals surface area contributed by atoms with Gasteiger partial charge in [0.2, 0.25) is 0 Å². The SMILES string of the molecule is Cc1cc(N)nc(-c2c(F)cc3c(N4CCNC[C@@H]4C)nc(OC[C@@H]4C[C@@H](F)CN4C)nc3c2F)c1C(F)(F)F. The normalized spacial score (nSPS) is 22.3. The van der Waals surface area contributed by atoms with E-state index in [1.165, 1.54) is 0 Å². The van der Waals surface area contributed by atoms with Crippen LogP contribution in [0, 0.1) is 18.6 Å². The average molecular weight is 570 g/mol. The summed E-state index contributed by atoms with van der Waals surface area (Å²) in [6.07, 6.45) is -5.75. The van der Waals surface area contributed by atoms with Gasteiger partial charge in [-0.25, -0.2) is 18.2 Å². The van der Waals surface area contributed by atoms with Crippen molar-refractivity contribution in [2.45, 2.75) is 44.7 Å². The summed E-state index contributed by atoms with van der Waals surface area (Å²) in [5.41, 5.74) is 1.65. The summed E-state index contributed by atoms with van der Waals surface area (Å²) in [6, 6.07) is 1.24. The molecule has 2 fully saturated rings. The third-order valence-electron chi connectivity index (χ3n) is 7.41. The minimum absolute atomic E-state index is 0.00282. The number of likely N-dealkylation sites (N-methyl/N-ethyl adjacent to an activating group) is 1. The van der Waals surface area contributed by atoms with Crippen LogP contribution in [-0.2, 0) is 6.18 Å². The second-order valence-corrected chi connectivity index (χ2v) is 10.3. The number of benzene rings is 1. The van der Waals surface area contributed by atoms with Gasteiger partial charge in [-0.2, -0.15) is 23.1 Å². The third kappa shape index (κ3) is 5.21. The van der Waals surface area contributed by atoms with Crippen LogP contribution in [0.4, 0.5) is 38.0 Å². The molecule has 1 aromatic carbocycles. The first-order valence-electron chi connectivity index (χ1n) is 12.8. The Morgan fingerprint density at radius 2 is 1.93 bits per heavy atom. The van der Waals surface area contributed by atoms with Crippen molar-refractivity contribution in [2.75, 3.05) is 50.5 Å². The lowest BCUT2D eigenvalue weighted by atomic mass is 9.98. The summed E-state index contributed by atoms with van der Waals surface area (Å²) in [5.74, 6) is -2.77. The van der Waals surface area contributed by atoms with Crippen LogP contribution in [0.5, 0.6) is 6.01 Å². The molecule has 0 bridgehead atoms. The number of halogens is 6. The Morgan fingerprint density at radius 1 is 1.18 bits per heavy atom. The maximum absolute atomic E-state index is 16.2. The van der Waals surface area contributed by atoms with E-state index in [0.717, 1.165) is 19.1 Å². The van der Waals surface area contributed by atoms with Gasteiger partial charge in [-0.05, 0) is 45.0 Å². The minimum atomic E-state index is -4.96. The molecule has 216 valence electrons. The predicted octanol–water partition coefficient (Wildman–Crippen LogP) is 4.10. The zero-order valence-electron chi connectivity index (χ0n) is 22.1. The highest BCUT2D eigenvalue weighted by molar-refractivity contribution is 5.94. The van der Waals surface area contributed by atoms with Gasteiger partial charge in [0.05, 0.1) is 16.8 Å². The van der Waals surface area contributed by atoms with Crippen molar-refractivity contribution >= 4 is 22.5 Å². The summed E-state index contributed by atoms with van der Waals surface area (Å²) >= 11 is 0. The van der Waals surface area contributed by atoms with Crippen molar-refractivity contribution in [2.24, 2.45) is 0 Å². The smallest absolute Gasteiger partial charge is 0.418 e. The van der Waals surface area contributed by atoms with Gasteiger partial charge in [0.25, 0.3) is 0 Å². The van der Waals surface area contributed by atoms with E-state index in [4.69, 9.17) is 10.5 Å². The first-order valence-corrected chi connectivity index (χ1v) is 12.8. The van der Waals surface area contributed by atoms with E-state index in [-0.39, 0.29) is 60.3 Å². The molecule has 0 aliphatic carbocycles. The van der Waals surface area contributed by atoms with Gasteiger partial charge in [0.1, 0.15) is 35.7 Å². The van der Waals surface area contributed by atoms with Gasteiger partial charge in [-0.15, -0.1) is 0 Å². The Bertz CT molecular complexity index is 1440. The minimum Gasteiger partial charge on any atom is -0.462 e. The largest absolute Gasteiger partial charge is 0.462 e. The topological polar surface area (TPSA) is 92.4 Å². The fraction of sp³-hybridized carbons (Fsp3) is 0.500. The zero-order valence-corrected chi connectivity index (χ0v) is 22.1. The number of rotatable bonds is 5. The summed E-state index contributed by atoms with van der Waals surface area (Å²) < 4.78 is 93.5. The quantitative estimate of drug-likeness (QED) is 0.444. The standard InChI is InChI=1S/C26H29F6N7O/c1-12-6-18(33)35-23(20(12)26(30,31)32)19-17(28)8-16-22(21(19)29)36-25(40-11-15-7-14(27)10-38(15)3)37-24(16)39-5-4-34-9-13(39)2/h6,8,13-15,34H,4-5,7,9-11H2,1-3H3,(H2,33,35)/t13-,14+,15-/m0/s1. The number of ether oxygens (including phenoxy) is 1. The van der Waals surface area contributed by atoms with Gasteiger partial charge in [-0.1, -0.05) is 0 Å². The molecule has 4 heterocycles. The number of nitrogens with one attached hydrogen (secondary N) is 1. The summed E-state index contributed by atoms with van der Waals surface area (Å²) in [5, 5.41) is 3.19. The molecule has 0 amide bonds. The van der Waals surface area contributed by atoms with Gasteiger partial charge in [0.15, 0.2) is 5.82 Å². The highest BCUT2D eigenvalue weighted by Gasteiger charge is 2.39. The molecule has 3 N–H and O–H groups in total. The zero-order chi connectivity index (χ0) is 28.9. The number of anilines is 2. The molecule has 0 spiro atoms. The van der Waals surface area contributed by atoms with E-state index >= 15 is 8.78 Å². The first-order chi connectivity index (χ1) is 18.8. The molecular weight excluding hydrogens is 540 g/mol. The number of piperazine rings is 1. The molecule has 0 unspecified atom stereocenters. The fourth-order valence-electron chi connectivity index (χ4n) is 5.43. The summed E-state index contributed by atoms with van der Waals surface area (Å²) in [4.78, 5) is 15.9. The second-order valence-electron chi connectivity index (χ2n) is 10.3. The fourth-order valence-corrected chi connectivity index (χ4v) is 5.43. The van der Waals surface area contributed by atoms with E-state index < -0.39 is 46.3 Å². The second kappa shape index (κ2) is 10.5. The van der Waals surface area contributed by atoms with Crippen LogP contribution in [0.25, 0.3) is 22.2 Å². The van der Waals surface area contributed by atoms with Crippen LogP contribution in [0.2, 0.25) is 0 Å². The average Bonchev–Trinajstić information content (AvgIpc) is 3.18. The van der Waals surface area contributed by atoms with Crippen molar-refractivity contribution in [3.8, 4) is 17.3 Å². The monoisotopic (exact) mass is 569 g/mol. The number of hydrogen-bond donors (Lipinski definition) is 2. The molecule has 0 radical (unpaired) electrons. The Hall–Kier alpha value is -3.39. The number of nitrogens with two attached hydrogens (primary N) is 1. The summed E-state index contributed by atoms with van der Waals surface area (Å²) in [6.45, 7) is 4.86. The third-order valence-corrected chi connectivity index (χ3v) is 7.41. The molecule has 2 aliphatic heterocycles. The van der Waals surface area contributed by atoms with Crippen LogP contribution in [-0.4, -0.2) is 77.9 Å². The maximum atomic E-state index is 16.2. The first kappa shape index (κ1) is 28.1. The van der Waals surface area contributed by atoms with Crippen molar-refractivity contribution in [3.05, 3.63) is 34.9 Å². The number of alkyl halides is 4. The van der Waals surface area contributed by atoms with Crippen molar-refractivity contribution in [1.82, 2.24) is 25.2 Å². The molecule has 14 heteroatoms. The molecule has 2 aliphatic rings. The molecule has 3 aromatic rings. The highest BCUT2D eigenvalue weighted by atomic mass is 19.4. The van der Waals surface area contributed by atoms with Gasteiger partial charge in [-0.3, -0.25) is 4.90 Å². The van der Waals surface area contributed by atoms with Crippen LogP contribution in [0.3, 0.4) is 0 Å². The number of likely N-dealkylation sites (tertiary alicyclic amines) is 1. The highest BCUT2D eigenvalue weighted by Crippen LogP contribution is 2.43. The van der Waals surface area contributed by atoms with Crippen LogP contribution >= 0.6 is 0 Å². The van der Waals surface area contributed by atoms with Crippen molar-refractivity contribution in [3.63, 3.8) is 0 Å². The molecule has 3 atom stereocenters. The Morgan fingerprint density at radius 3 is 2.58 bits per heavy atom. The van der Waals surface area contributed by atoms with E-state index in [1.807, 2.05) is 11.8 Å².